The predicted octanol–water partition coefficient (Wildman–Crippen LogP) is 2.88. The number of carbonyl (C=O) groups excluding carboxylic acids is 3. The van der Waals surface area contributed by atoms with Crippen molar-refractivity contribution in [2.75, 3.05) is 33.3 Å². The van der Waals surface area contributed by atoms with Gasteiger partial charge in [-0.15, -0.1) is 0 Å². The Morgan fingerprint density at radius 3 is 2.12 bits per heavy atom. The number of rotatable bonds is 9. The van der Waals surface area contributed by atoms with Crippen LogP contribution in [-0.2, 0) is 33.9 Å². The van der Waals surface area contributed by atoms with E-state index in [1.807, 2.05) is 91.0 Å². The van der Waals surface area contributed by atoms with Crippen LogP contribution in [0.25, 0.3) is 0 Å². The lowest BCUT2D eigenvalue weighted by molar-refractivity contribution is -0.187. The van der Waals surface area contributed by atoms with E-state index in [0.29, 0.717) is 32.7 Å². The quantitative estimate of drug-likeness (QED) is 0.421. The molecule has 0 radical (unpaired) electrons. The van der Waals surface area contributed by atoms with Crippen LogP contribution in [0.3, 0.4) is 0 Å². The lowest BCUT2D eigenvalue weighted by atomic mass is 9.99. The van der Waals surface area contributed by atoms with Crippen molar-refractivity contribution in [1.82, 2.24) is 25.1 Å². The molecule has 0 bridgehead atoms. The van der Waals surface area contributed by atoms with Crippen LogP contribution in [0.5, 0.6) is 0 Å². The molecule has 2 fully saturated rings. The zero-order valence-corrected chi connectivity index (χ0v) is 22.7. The van der Waals surface area contributed by atoms with E-state index in [2.05, 4.69) is 5.32 Å². The molecule has 2 aliphatic heterocycles. The van der Waals surface area contributed by atoms with Crippen molar-refractivity contribution >= 4 is 17.8 Å². The van der Waals surface area contributed by atoms with Crippen LogP contribution in [0, 0.1) is 0 Å². The third kappa shape index (κ3) is 6.32. The predicted molar refractivity (Wildman–Crippen MR) is 150 cm³/mol. The molecule has 208 valence electrons. The van der Waals surface area contributed by atoms with Gasteiger partial charge in [0.1, 0.15) is 12.2 Å². The Morgan fingerprint density at radius 2 is 1.48 bits per heavy atom. The van der Waals surface area contributed by atoms with E-state index in [0.717, 1.165) is 16.7 Å². The number of benzene rings is 3. The van der Waals surface area contributed by atoms with Gasteiger partial charge in [0, 0.05) is 26.6 Å². The first-order valence-electron chi connectivity index (χ1n) is 13.6. The number of nitrogens with zero attached hydrogens (tertiary/aromatic N) is 4. The molecule has 5 rings (SSSR count). The number of amides is 4. The minimum atomic E-state index is -0.721. The number of hydrazine groups is 1. The molecule has 2 saturated heterocycles. The number of urea groups is 1. The van der Waals surface area contributed by atoms with Gasteiger partial charge in [0.2, 0.25) is 11.8 Å². The van der Waals surface area contributed by atoms with Crippen LogP contribution in [0.2, 0.25) is 0 Å². The second kappa shape index (κ2) is 12.8. The number of carbonyl (C=O) groups is 3. The van der Waals surface area contributed by atoms with E-state index in [4.69, 9.17) is 4.74 Å². The lowest BCUT2D eigenvalue weighted by Crippen LogP contribution is -2.76. The summed E-state index contributed by atoms with van der Waals surface area (Å²) >= 11 is 0. The lowest BCUT2D eigenvalue weighted by Gasteiger charge is -2.54. The fourth-order valence-corrected chi connectivity index (χ4v) is 5.34. The number of likely N-dealkylation sites (N-methyl/N-ethyl adjacent to an activating group) is 1. The minimum Gasteiger partial charge on any atom is -0.375 e. The van der Waals surface area contributed by atoms with Crippen LogP contribution in [-0.4, -0.2) is 83.2 Å². The van der Waals surface area contributed by atoms with Crippen LogP contribution >= 0.6 is 0 Å². The number of ether oxygens (including phenoxy) is 1. The molecular weight excluding hydrogens is 506 g/mol. The third-order valence-corrected chi connectivity index (χ3v) is 7.32. The molecular formula is C31H35N5O4. The SMILES string of the molecule is CN1CC(=O)N2[C@@H](Cc3ccccc3)C(=O)N(CCOCc3ccccc3)C[C@@H]2N1C(=O)NCc1ccccc1. The topological polar surface area (TPSA) is 85.4 Å². The van der Waals surface area contributed by atoms with E-state index in [-0.39, 0.29) is 30.9 Å². The number of nitrogens with one attached hydrogen (secondary N) is 1. The largest absolute Gasteiger partial charge is 0.375 e. The molecule has 0 spiro atoms. The van der Waals surface area contributed by atoms with E-state index >= 15 is 0 Å². The summed E-state index contributed by atoms with van der Waals surface area (Å²) in [6.07, 6.45) is -0.269. The number of fused-ring (bicyclic) bond motifs is 1. The Bertz CT molecular complexity index is 1290. The van der Waals surface area contributed by atoms with Crippen molar-refractivity contribution in [2.45, 2.75) is 31.8 Å². The van der Waals surface area contributed by atoms with Crippen molar-refractivity contribution in [2.24, 2.45) is 0 Å². The summed E-state index contributed by atoms with van der Waals surface area (Å²) < 4.78 is 5.89. The molecule has 3 aromatic rings. The molecule has 9 nitrogen and oxygen atoms in total. The Hall–Kier alpha value is -4.21. The monoisotopic (exact) mass is 541 g/mol. The van der Waals surface area contributed by atoms with Crippen molar-refractivity contribution < 1.29 is 19.1 Å². The molecule has 40 heavy (non-hydrogen) atoms. The molecule has 0 saturated carbocycles. The fraction of sp³-hybridized carbons (Fsp3) is 0.323. The molecule has 2 aliphatic rings. The van der Waals surface area contributed by atoms with Crippen LogP contribution in [0.1, 0.15) is 16.7 Å². The van der Waals surface area contributed by atoms with Crippen molar-refractivity contribution in [3.8, 4) is 0 Å². The highest BCUT2D eigenvalue weighted by Gasteiger charge is 2.50. The van der Waals surface area contributed by atoms with Gasteiger partial charge in [0.15, 0.2) is 0 Å². The average molecular weight is 542 g/mol. The van der Waals surface area contributed by atoms with Crippen LogP contribution in [0.15, 0.2) is 91.0 Å². The van der Waals surface area contributed by atoms with E-state index in [1.165, 1.54) is 0 Å². The van der Waals surface area contributed by atoms with Gasteiger partial charge in [-0.3, -0.25) is 9.59 Å². The highest BCUT2D eigenvalue weighted by atomic mass is 16.5. The molecule has 2 heterocycles. The highest BCUT2D eigenvalue weighted by Crippen LogP contribution is 2.27. The summed E-state index contributed by atoms with van der Waals surface area (Å²) in [7, 11) is 1.73. The first-order chi connectivity index (χ1) is 19.5. The second-order valence-corrected chi connectivity index (χ2v) is 10.1. The smallest absolute Gasteiger partial charge is 0.334 e. The van der Waals surface area contributed by atoms with Crippen molar-refractivity contribution in [1.29, 1.82) is 0 Å². The van der Waals surface area contributed by atoms with E-state index in [1.54, 1.807) is 26.9 Å². The molecule has 0 unspecified atom stereocenters. The van der Waals surface area contributed by atoms with Crippen LogP contribution in [0.4, 0.5) is 4.79 Å². The van der Waals surface area contributed by atoms with Gasteiger partial charge in [-0.05, 0) is 16.7 Å². The summed E-state index contributed by atoms with van der Waals surface area (Å²) in [4.78, 5) is 44.1. The summed E-state index contributed by atoms with van der Waals surface area (Å²) in [5.74, 6) is -0.306. The van der Waals surface area contributed by atoms with Crippen molar-refractivity contribution in [3.05, 3.63) is 108 Å². The zero-order valence-electron chi connectivity index (χ0n) is 22.7. The molecule has 0 aliphatic carbocycles. The summed E-state index contributed by atoms with van der Waals surface area (Å²) in [6, 6.07) is 28.2. The summed E-state index contributed by atoms with van der Waals surface area (Å²) in [6.45, 7) is 1.71. The van der Waals surface area contributed by atoms with E-state index < -0.39 is 12.2 Å². The second-order valence-electron chi connectivity index (χ2n) is 10.1. The maximum atomic E-state index is 13.8. The molecule has 1 N–H and O–H groups in total. The van der Waals surface area contributed by atoms with Gasteiger partial charge >= 0.3 is 6.03 Å². The first kappa shape index (κ1) is 27.4. The molecule has 9 heteroatoms. The molecule has 2 atom stereocenters. The summed E-state index contributed by atoms with van der Waals surface area (Å²) in [5.41, 5.74) is 2.98. The van der Waals surface area contributed by atoms with Gasteiger partial charge < -0.3 is 19.9 Å². The average Bonchev–Trinajstić information content (AvgIpc) is 2.97. The molecule has 3 aromatic carbocycles. The highest BCUT2D eigenvalue weighted by molar-refractivity contribution is 5.91. The van der Waals surface area contributed by atoms with Gasteiger partial charge in [0.25, 0.3) is 0 Å². The Kier molecular flexibility index (Phi) is 8.73. The number of hydrogen-bond acceptors (Lipinski definition) is 5. The van der Waals surface area contributed by atoms with Gasteiger partial charge in [-0.25, -0.2) is 14.8 Å². The minimum absolute atomic E-state index is 0.00795. The Balaban J connectivity index is 1.35. The van der Waals surface area contributed by atoms with E-state index in [9.17, 15) is 14.4 Å². The summed E-state index contributed by atoms with van der Waals surface area (Å²) in [5, 5.41) is 6.21. The van der Waals surface area contributed by atoms with Gasteiger partial charge in [0.05, 0.1) is 26.3 Å². The maximum Gasteiger partial charge on any atom is 0.334 e. The normalized spacial score (nSPS) is 19.5. The number of hydrogen-bond donors (Lipinski definition) is 1. The van der Waals surface area contributed by atoms with Gasteiger partial charge in [-0.1, -0.05) is 91.0 Å². The van der Waals surface area contributed by atoms with Crippen molar-refractivity contribution in [3.63, 3.8) is 0 Å². The Morgan fingerprint density at radius 1 is 0.875 bits per heavy atom. The zero-order chi connectivity index (χ0) is 27.9. The third-order valence-electron chi connectivity index (χ3n) is 7.32. The fourth-order valence-electron chi connectivity index (χ4n) is 5.34. The van der Waals surface area contributed by atoms with Crippen LogP contribution < -0.4 is 5.32 Å². The standard InChI is InChI=1S/C31H35N5O4/c1-33-22-29(37)35-27(19-24-11-5-2-6-12-24)30(38)34(17-18-40-23-26-15-9-4-10-16-26)21-28(35)36(33)31(39)32-20-25-13-7-3-8-14-25/h2-16,27-28H,17-23H2,1H3,(H,32,39)/t27-,28-/m0/s1. The maximum absolute atomic E-state index is 13.8. The Labute approximate surface area is 234 Å². The molecule has 4 amide bonds. The first-order valence-corrected chi connectivity index (χ1v) is 13.6. The molecule has 0 aromatic heterocycles. The van der Waals surface area contributed by atoms with Gasteiger partial charge in [-0.2, -0.15) is 0 Å². The number of piperazine rings is 1.